The Labute approximate surface area is 167 Å². The summed E-state index contributed by atoms with van der Waals surface area (Å²) in [5.74, 6) is 0.991. The Morgan fingerprint density at radius 3 is 2.79 bits per heavy atom. The maximum atomic E-state index is 12.9. The molecule has 4 nitrogen and oxygen atoms in total. The van der Waals surface area contributed by atoms with Gasteiger partial charge in [-0.1, -0.05) is 23.8 Å². The molecular weight excluding hydrogens is 348 g/mol. The normalized spacial score (nSPS) is 39.6. The van der Waals surface area contributed by atoms with Crippen LogP contribution in [0.15, 0.2) is 18.2 Å². The molecule has 0 aromatic heterocycles. The summed E-state index contributed by atoms with van der Waals surface area (Å²) in [6.45, 7) is 5.73. The molecule has 1 spiro atoms. The molecule has 1 N–H and O–H groups in total. The molecule has 0 unspecified atom stereocenters. The Kier molecular flexibility index (Phi) is 3.36. The fraction of sp³-hybridized carbons (Fsp3) is 0.667. The van der Waals surface area contributed by atoms with E-state index in [2.05, 4.69) is 35.3 Å². The van der Waals surface area contributed by atoms with Crippen molar-refractivity contribution >= 4 is 11.7 Å². The molecule has 0 radical (unpaired) electrons. The summed E-state index contributed by atoms with van der Waals surface area (Å²) < 4.78 is 0. The van der Waals surface area contributed by atoms with Gasteiger partial charge in [-0.25, -0.2) is 0 Å². The summed E-state index contributed by atoms with van der Waals surface area (Å²) in [5.41, 5.74) is 3.96. The van der Waals surface area contributed by atoms with E-state index in [0.717, 1.165) is 51.1 Å². The number of piperidine rings is 1. The highest BCUT2D eigenvalue weighted by Gasteiger charge is 2.67. The first-order chi connectivity index (χ1) is 13.4. The number of hydrogen-bond acceptors (Lipinski definition) is 3. The molecular formula is C24H30N2O2. The van der Waals surface area contributed by atoms with E-state index in [4.69, 9.17) is 0 Å². The molecule has 28 heavy (non-hydrogen) atoms. The number of carbonyl (C=O) groups excluding carboxylic acids is 2. The van der Waals surface area contributed by atoms with Crippen molar-refractivity contribution in [2.75, 3.05) is 19.6 Å². The summed E-state index contributed by atoms with van der Waals surface area (Å²) >= 11 is 0. The van der Waals surface area contributed by atoms with Gasteiger partial charge in [0.1, 0.15) is 0 Å². The van der Waals surface area contributed by atoms with E-state index in [9.17, 15) is 9.59 Å². The second kappa shape index (κ2) is 5.47. The number of ketones is 1. The maximum Gasteiger partial charge on any atom is 0.228 e. The lowest BCUT2D eigenvalue weighted by molar-refractivity contribution is -0.128. The molecule has 3 atom stereocenters. The Morgan fingerprint density at radius 2 is 2.04 bits per heavy atom. The first kappa shape index (κ1) is 17.2. The van der Waals surface area contributed by atoms with Crippen LogP contribution in [0.3, 0.4) is 0 Å². The molecule has 1 amide bonds. The van der Waals surface area contributed by atoms with E-state index in [1.807, 2.05) is 0 Å². The van der Waals surface area contributed by atoms with Crippen LogP contribution in [0.25, 0.3) is 0 Å². The lowest BCUT2D eigenvalue weighted by Crippen LogP contribution is -2.65. The van der Waals surface area contributed by atoms with Crippen LogP contribution in [0.2, 0.25) is 0 Å². The van der Waals surface area contributed by atoms with E-state index in [1.54, 1.807) is 0 Å². The van der Waals surface area contributed by atoms with Crippen LogP contribution in [0.5, 0.6) is 0 Å². The predicted molar refractivity (Wildman–Crippen MR) is 107 cm³/mol. The van der Waals surface area contributed by atoms with Crippen molar-refractivity contribution in [1.29, 1.82) is 0 Å². The summed E-state index contributed by atoms with van der Waals surface area (Å²) in [5, 5.41) is 3.15. The van der Waals surface area contributed by atoms with Crippen molar-refractivity contribution in [3.63, 3.8) is 0 Å². The molecule has 5 aliphatic rings. The van der Waals surface area contributed by atoms with Gasteiger partial charge >= 0.3 is 0 Å². The number of rotatable bonds is 2. The van der Waals surface area contributed by atoms with Gasteiger partial charge in [0.05, 0.1) is 12.0 Å². The average Bonchev–Trinajstić information content (AvgIpc) is 3.36. The van der Waals surface area contributed by atoms with Crippen molar-refractivity contribution in [2.24, 2.45) is 11.3 Å². The van der Waals surface area contributed by atoms with Crippen molar-refractivity contribution in [2.45, 2.75) is 69.2 Å². The van der Waals surface area contributed by atoms with Crippen LogP contribution in [-0.4, -0.2) is 41.8 Å². The monoisotopic (exact) mass is 378 g/mol. The predicted octanol–water partition coefficient (Wildman–Crippen LogP) is 2.90. The lowest BCUT2D eigenvalue weighted by atomic mass is 9.49. The Hall–Kier alpha value is -1.68. The standard InChI is InChI=1S/C24H30N2O2/c1-16-2-5-18-12-22-6-7-24(20(27)11-21(28)25-24)14-23(22,19(18)10-16)8-9-26(15-22)13-17-3-4-17/h2,5,10,17H,3-4,6-9,11-15H2,1H3,(H,25,28)/t22-,23+,24+/m0/s1. The fourth-order valence-electron chi connectivity index (χ4n) is 7.27. The highest BCUT2D eigenvalue weighted by molar-refractivity contribution is 6.10. The second-order valence-electron chi connectivity index (χ2n) is 10.5. The fourth-order valence-corrected chi connectivity index (χ4v) is 7.27. The molecule has 1 aromatic rings. The molecule has 1 aromatic carbocycles. The van der Waals surface area contributed by atoms with Crippen LogP contribution < -0.4 is 5.32 Å². The Bertz CT molecular complexity index is 891. The van der Waals surface area contributed by atoms with E-state index in [0.29, 0.717) is 0 Å². The van der Waals surface area contributed by atoms with Crippen molar-refractivity contribution in [3.05, 3.63) is 34.9 Å². The lowest BCUT2D eigenvalue weighted by Gasteiger charge is -2.60. The molecule has 2 saturated carbocycles. The van der Waals surface area contributed by atoms with Gasteiger partial charge in [0, 0.05) is 18.5 Å². The van der Waals surface area contributed by atoms with E-state index < -0.39 is 5.54 Å². The largest absolute Gasteiger partial charge is 0.343 e. The van der Waals surface area contributed by atoms with Gasteiger partial charge in [-0.15, -0.1) is 0 Å². The van der Waals surface area contributed by atoms with Gasteiger partial charge < -0.3 is 10.2 Å². The number of hydrogen-bond donors (Lipinski definition) is 1. The number of amides is 1. The second-order valence-corrected chi connectivity index (χ2v) is 10.5. The van der Waals surface area contributed by atoms with Gasteiger partial charge in [0.15, 0.2) is 5.78 Å². The highest BCUT2D eigenvalue weighted by Crippen LogP contribution is 2.65. The van der Waals surface area contributed by atoms with E-state index >= 15 is 0 Å². The summed E-state index contributed by atoms with van der Waals surface area (Å²) in [6.07, 6.45) is 7.84. The molecule has 148 valence electrons. The van der Waals surface area contributed by atoms with Crippen LogP contribution in [0.4, 0.5) is 0 Å². The SMILES string of the molecule is Cc1ccc2c(c1)[C@]13CCN(CC4CC4)C[C@]1(CC[C@]1(C3)NC(=O)CC1=O)C2. The Morgan fingerprint density at radius 1 is 1.18 bits per heavy atom. The zero-order chi connectivity index (χ0) is 19.1. The zero-order valence-corrected chi connectivity index (χ0v) is 16.9. The number of nitrogens with zero attached hydrogens (tertiary/aromatic N) is 1. The van der Waals surface area contributed by atoms with Crippen LogP contribution >= 0.6 is 0 Å². The summed E-state index contributed by atoms with van der Waals surface area (Å²) in [7, 11) is 0. The number of carbonyl (C=O) groups is 2. The van der Waals surface area contributed by atoms with Crippen LogP contribution in [-0.2, 0) is 21.4 Å². The third kappa shape index (κ3) is 2.21. The molecule has 2 heterocycles. The minimum absolute atomic E-state index is 0.0416. The molecule has 4 heteroatoms. The van der Waals surface area contributed by atoms with Crippen molar-refractivity contribution in [3.8, 4) is 0 Å². The molecule has 3 aliphatic carbocycles. The molecule has 2 saturated heterocycles. The number of benzene rings is 1. The minimum atomic E-state index is -0.607. The summed E-state index contributed by atoms with van der Waals surface area (Å²) in [6, 6.07) is 6.98. The third-order valence-corrected chi connectivity index (χ3v) is 8.79. The van der Waals surface area contributed by atoms with Crippen molar-refractivity contribution in [1.82, 2.24) is 10.2 Å². The topological polar surface area (TPSA) is 49.4 Å². The number of fused-ring (bicyclic) bond motifs is 1. The molecule has 2 aliphatic heterocycles. The number of Topliss-reactive ketones (excluding diaryl/α,β-unsaturated/α-hetero) is 1. The van der Waals surface area contributed by atoms with E-state index in [-0.39, 0.29) is 28.9 Å². The average molecular weight is 379 g/mol. The van der Waals surface area contributed by atoms with Gasteiger partial charge in [-0.3, -0.25) is 9.59 Å². The Balaban J connectivity index is 1.44. The molecule has 6 rings (SSSR count). The maximum absolute atomic E-state index is 12.9. The minimum Gasteiger partial charge on any atom is -0.343 e. The first-order valence-corrected chi connectivity index (χ1v) is 11.1. The third-order valence-electron chi connectivity index (χ3n) is 8.79. The van der Waals surface area contributed by atoms with Crippen LogP contribution in [0, 0.1) is 18.3 Å². The van der Waals surface area contributed by atoms with Gasteiger partial charge in [-0.2, -0.15) is 0 Å². The smallest absolute Gasteiger partial charge is 0.228 e. The first-order valence-electron chi connectivity index (χ1n) is 11.1. The number of likely N-dealkylation sites (tertiary alicyclic amines) is 1. The highest BCUT2D eigenvalue weighted by atomic mass is 16.2. The van der Waals surface area contributed by atoms with Gasteiger partial charge in [0.25, 0.3) is 0 Å². The van der Waals surface area contributed by atoms with E-state index in [1.165, 1.54) is 36.1 Å². The van der Waals surface area contributed by atoms with Crippen LogP contribution in [0.1, 0.15) is 61.6 Å². The van der Waals surface area contributed by atoms with Gasteiger partial charge in [0.2, 0.25) is 5.91 Å². The summed E-state index contributed by atoms with van der Waals surface area (Å²) in [4.78, 5) is 27.8. The van der Waals surface area contributed by atoms with Gasteiger partial charge in [-0.05, 0) is 80.9 Å². The zero-order valence-electron chi connectivity index (χ0n) is 16.9. The quantitative estimate of drug-likeness (QED) is 0.805. The number of aryl methyl sites for hydroxylation is 1. The molecule has 4 fully saturated rings. The number of nitrogens with one attached hydrogen (secondary N) is 1. The molecule has 0 bridgehead atoms. The van der Waals surface area contributed by atoms with Crippen molar-refractivity contribution < 1.29 is 9.59 Å².